The predicted molar refractivity (Wildman–Crippen MR) is 88.4 cm³/mol. The van der Waals surface area contributed by atoms with Crippen molar-refractivity contribution in [2.24, 2.45) is 5.73 Å². The topological polar surface area (TPSA) is 87.2 Å². The molecule has 1 fully saturated rings. The van der Waals surface area contributed by atoms with E-state index in [2.05, 4.69) is 0 Å². The van der Waals surface area contributed by atoms with E-state index < -0.39 is 15.2 Å². The molecule has 1 saturated heterocycles. The van der Waals surface area contributed by atoms with E-state index in [0.717, 1.165) is 17.9 Å². The van der Waals surface area contributed by atoms with E-state index in [1.165, 1.54) is 0 Å². The third-order valence-corrected chi connectivity index (χ3v) is 7.02. The average Bonchev–Trinajstić information content (AvgIpc) is 2.48. The fourth-order valence-electron chi connectivity index (χ4n) is 2.46. The van der Waals surface area contributed by atoms with Crippen LogP contribution in [0.4, 0.5) is 0 Å². The first kappa shape index (κ1) is 16.3. The molecule has 0 amide bonds. The third-order valence-electron chi connectivity index (χ3n) is 3.69. The Morgan fingerprint density at radius 1 is 1.48 bits per heavy atom. The highest BCUT2D eigenvalue weighted by molar-refractivity contribution is 8.01. The Labute approximate surface area is 130 Å². The molecule has 0 saturated carbocycles. The molecule has 1 atom stereocenters. The van der Waals surface area contributed by atoms with Gasteiger partial charge in [0, 0.05) is 35.9 Å². The molecule has 21 heavy (non-hydrogen) atoms. The Kier molecular flexibility index (Phi) is 5.29. The van der Waals surface area contributed by atoms with Gasteiger partial charge >= 0.3 is 0 Å². The SMILES string of the molecule is CCS(=O)(=O)C1CSCCN1Cc1ccccc1C(=N)N. The number of amidine groups is 1. The zero-order valence-electron chi connectivity index (χ0n) is 12.1. The minimum absolute atomic E-state index is 0.0203. The predicted octanol–water partition coefficient (Wildman–Crippen LogP) is 1.28. The molecule has 0 spiro atoms. The highest BCUT2D eigenvalue weighted by Gasteiger charge is 2.33. The van der Waals surface area contributed by atoms with E-state index in [1.807, 2.05) is 23.1 Å². The minimum atomic E-state index is -3.10. The maximum absolute atomic E-state index is 12.3. The maximum atomic E-state index is 12.3. The quantitative estimate of drug-likeness (QED) is 0.628. The van der Waals surface area contributed by atoms with Crippen LogP contribution >= 0.6 is 11.8 Å². The molecule has 7 heteroatoms. The number of nitrogens with one attached hydrogen (secondary N) is 1. The largest absolute Gasteiger partial charge is 0.384 e. The summed E-state index contributed by atoms with van der Waals surface area (Å²) >= 11 is 1.68. The lowest BCUT2D eigenvalue weighted by atomic mass is 10.1. The fraction of sp³-hybridized carbons (Fsp3) is 0.500. The number of sulfone groups is 1. The molecule has 0 bridgehead atoms. The van der Waals surface area contributed by atoms with E-state index in [9.17, 15) is 8.42 Å². The van der Waals surface area contributed by atoms with Crippen LogP contribution < -0.4 is 5.73 Å². The first-order valence-electron chi connectivity index (χ1n) is 6.91. The Morgan fingerprint density at radius 2 is 2.19 bits per heavy atom. The number of benzene rings is 1. The lowest BCUT2D eigenvalue weighted by Crippen LogP contribution is -2.47. The molecule has 116 valence electrons. The molecule has 0 aromatic heterocycles. The molecule has 0 aliphatic carbocycles. The van der Waals surface area contributed by atoms with Gasteiger partial charge in [0.1, 0.15) is 11.2 Å². The van der Waals surface area contributed by atoms with Gasteiger partial charge in [-0.25, -0.2) is 8.42 Å². The molecular formula is C14H21N3O2S2. The molecule has 1 aliphatic heterocycles. The van der Waals surface area contributed by atoms with Crippen LogP contribution in [-0.2, 0) is 16.4 Å². The lowest BCUT2D eigenvalue weighted by Gasteiger charge is -2.35. The summed E-state index contributed by atoms with van der Waals surface area (Å²) in [7, 11) is -3.10. The second-order valence-corrected chi connectivity index (χ2v) is 8.62. The molecule has 0 radical (unpaired) electrons. The second-order valence-electron chi connectivity index (χ2n) is 5.02. The van der Waals surface area contributed by atoms with E-state index in [4.69, 9.17) is 11.1 Å². The molecule has 1 unspecified atom stereocenters. The summed E-state index contributed by atoms with van der Waals surface area (Å²) in [6.45, 7) is 2.94. The van der Waals surface area contributed by atoms with Crippen molar-refractivity contribution in [1.82, 2.24) is 4.90 Å². The summed E-state index contributed by atoms with van der Waals surface area (Å²) in [5.41, 5.74) is 7.20. The van der Waals surface area contributed by atoms with Gasteiger partial charge in [0.15, 0.2) is 9.84 Å². The summed E-state index contributed by atoms with van der Waals surface area (Å²) in [6, 6.07) is 7.45. The van der Waals surface area contributed by atoms with E-state index >= 15 is 0 Å². The zero-order chi connectivity index (χ0) is 15.5. The zero-order valence-corrected chi connectivity index (χ0v) is 13.7. The smallest absolute Gasteiger partial charge is 0.166 e. The molecule has 1 aromatic carbocycles. The van der Waals surface area contributed by atoms with Crippen molar-refractivity contribution in [2.75, 3.05) is 23.8 Å². The molecule has 5 nitrogen and oxygen atoms in total. The average molecular weight is 327 g/mol. The number of rotatable bonds is 5. The Hall–Kier alpha value is -1.05. The van der Waals surface area contributed by atoms with Gasteiger partial charge in [0.2, 0.25) is 0 Å². The summed E-state index contributed by atoms with van der Waals surface area (Å²) in [4.78, 5) is 2.00. The van der Waals surface area contributed by atoms with Crippen LogP contribution in [0.1, 0.15) is 18.1 Å². The van der Waals surface area contributed by atoms with Crippen molar-refractivity contribution in [3.8, 4) is 0 Å². The van der Waals surface area contributed by atoms with Crippen LogP contribution in [-0.4, -0.2) is 48.3 Å². The monoisotopic (exact) mass is 327 g/mol. The van der Waals surface area contributed by atoms with Gasteiger partial charge in [0.05, 0.1) is 0 Å². The number of thioether (sulfide) groups is 1. The first-order valence-corrected chi connectivity index (χ1v) is 9.78. The van der Waals surface area contributed by atoms with Crippen molar-refractivity contribution in [2.45, 2.75) is 18.8 Å². The molecule has 3 N–H and O–H groups in total. The van der Waals surface area contributed by atoms with Crippen LogP contribution in [0.5, 0.6) is 0 Å². The van der Waals surface area contributed by atoms with Gasteiger partial charge in [-0.1, -0.05) is 31.2 Å². The number of nitrogens with zero attached hydrogens (tertiary/aromatic N) is 1. The van der Waals surface area contributed by atoms with E-state index in [0.29, 0.717) is 17.9 Å². The molecule has 2 rings (SSSR count). The van der Waals surface area contributed by atoms with Crippen LogP contribution in [0.3, 0.4) is 0 Å². The summed E-state index contributed by atoms with van der Waals surface area (Å²) in [6.07, 6.45) is 0. The van der Waals surface area contributed by atoms with Crippen molar-refractivity contribution in [1.29, 1.82) is 5.41 Å². The molecular weight excluding hydrogens is 306 g/mol. The van der Waals surface area contributed by atoms with Crippen molar-refractivity contribution < 1.29 is 8.42 Å². The van der Waals surface area contributed by atoms with Gasteiger partial charge in [0.25, 0.3) is 0 Å². The maximum Gasteiger partial charge on any atom is 0.166 e. The van der Waals surface area contributed by atoms with Crippen LogP contribution in [0.25, 0.3) is 0 Å². The molecule has 1 heterocycles. The molecule has 1 aliphatic rings. The summed E-state index contributed by atoms with van der Waals surface area (Å²) < 4.78 is 24.5. The highest BCUT2D eigenvalue weighted by atomic mass is 32.2. The van der Waals surface area contributed by atoms with E-state index in [1.54, 1.807) is 24.8 Å². The Morgan fingerprint density at radius 3 is 2.86 bits per heavy atom. The van der Waals surface area contributed by atoms with Crippen molar-refractivity contribution in [3.63, 3.8) is 0 Å². The number of nitrogens with two attached hydrogens (primary N) is 1. The highest BCUT2D eigenvalue weighted by Crippen LogP contribution is 2.24. The number of nitrogen functional groups attached to an aromatic ring is 1. The van der Waals surface area contributed by atoms with Crippen molar-refractivity contribution in [3.05, 3.63) is 35.4 Å². The Balaban J connectivity index is 2.26. The molecule has 1 aromatic rings. The van der Waals surface area contributed by atoms with Gasteiger partial charge in [-0.05, 0) is 5.56 Å². The van der Waals surface area contributed by atoms with E-state index in [-0.39, 0.29) is 11.6 Å². The summed E-state index contributed by atoms with van der Waals surface area (Å²) in [5.74, 6) is 1.71. The van der Waals surface area contributed by atoms with Crippen LogP contribution in [0.2, 0.25) is 0 Å². The Bertz CT molecular complexity index is 616. The van der Waals surface area contributed by atoms with Gasteiger partial charge in [-0.2, -0.15) is 11.8 Å². The van der Waals surface area contributed by atoms with Crippen LogP contribution in [0, 0.1) is 5.41 Å². The standard InChI is InChI=1S/C14H21N3O2S2/c1-2-21(18,19)13-10-20-8-7-17(13)9-11-5-3-4-6-12(11)14(15)16/h3-6,13H,2,7-10H2,1H3,(H3,15,16). The normalized spacial score (nSPS) is 20.3. The number of hydrogen-bond donors (Lipinski definition) is 2. The second kappa shape index (κ2) is 6.81. The van der Waals surface area contributed by atoms with Gasteiger partial charge < -0.3 is 5.73 Å². The van der Waals surface area contributed by atoms with Gasteiger partial charge in [-0.3, -0.25) is 10.3 Å². The fourth-order valence-corrected chi connectivity index (χ4v) is 5.54. The number of hydrogen-bond acceptors (Lipinski definition) is 5. The summed E-state index contributed by atoms with van der Waals surface area (Å²) in [5, 5.41) is 7.20. The lowest BCUT2D eigenvalue weighted by molar-refractivity contribution is 0.261. The minimum Gasteiger partial charge on any atom is -0.384 e. The van der Waals surface area contributed by atoms with Crippen molar-refractivity contribution >= 4 is 27.4 Å². The van der Waals surface area contributed by atoms with Crippen LogP contribution in [0.15, 0.2) is 24.3 Å². The third kappa shape index (κ3) is 3.78. The van der Waals surface area contributed by atoms with Gasteiger partial charge in [-0.15, -0.1) is 0 Å². The first-order chi connectivity index (χ1) is 9.95.